The average Bonchev–Trinajstić information content (AvgIpc) is 2.30. The van der Waals surface area contributed by atoms with Crippen LogP contribution in [0.25, 0.3) is 0 Å². The molecule has 0 fully saturated rings. The monoisotopic (exact) mass is 289 g/mol. The molecule has 0 aromatic rings. The fraction of sp³-hybridized carbons (Fsp3) is 0.929. The molecule has 0 rings (SSSR count). The third-order valence-corrected chi connectivity index (χ3v) is 2.84. The number of nitrogens with one attached hydrogen (secondary N) is 1. The Morgan fingerprint density at radius 1 is 1.35 bits per heavy atom. The molecule has 0 saturated carbocycles. The van der Waals surface area contributed by atoms with Crippen LogP contribution in [0.1, 0.15) is 34.6 Å². The van der Waals surface area contributed by atoms with Crippen molar-refractivity contribution in [2.75, 3.05) is 33.4 Å². The van der Waals surface area contributed by atoms with Crippen LogP contribution in [-0.4, -0.2) is 62.0 Å². The zero-order chi connectivity index (χ0) is 15.8. The number of carbonyl (C=O) groups is 1. The summed E-state index contributed by atoms with van der Waals surface area (Å²) in [6.07, 6.45) is -0.411. The lowest BCUT2D eigenvalue weighted by atomic mass is 10.2. The van der Waals surface area contributed by atoms with E-state index in [9.17, 15) is 4.79 Å². The first-order valence-electron chi connectivity index (χ1n) is 7.12. The number of carbonyl (C=O) groups excluding carboxylic acids is 1. The van der Waals surface area contributed by atoms with Crippen molar-refractivity contribution in [2.45, 2.75) is 52.3 Å². The predicted octanol–water partition coefficient (Wildman–Crippen LogP) is 1.20. The third-order valence-electron chi connectivity index (χ3n) is 2.84. The first-order valence-corrected chi connectivity index (χ1v) is 7.12. The van der Waals surface area contributed by atoms with Gasteiger partial charge < -0.3 is 20.5 Å². The normalized spacial score (nSPS) is 13.7. The van der Waals surface area contributed by atoms with Crippen LogP contribution in [-0.2, 0) is 9.47 Å². The Kier molecular flexibility index (Phi) is 8.76. The van der Waals surface area contributed by atoms with E-state index in [1.54, 1.807) is 7.11 Å². The fourth-order valence-electron chi connectivity index (χ4n) is 1.91. The molecule has 0 aromatic carbocycles. The topological polar surface area (TPSA) is 76.8 Å². The summed E-state index contributed by atoms with van der Waals surface area (Å²) in [4.78, 5) is 13.9. The van der Waals surface area contributed by atoms with Gasteiger partial charge in [-0.15, -0.1) is 0 Å². The van der Waals surface area contributed by atoms with Gasteiger partial charge in [-0.1, -0.05) is 0 Å². The summed E-state index contributed by atoms with van der Waals surface area (Å²) < 4.78 is 10.3. The number of alkyl carbamates (subject to hydrolysis) is 1. The maximum atomic E-state index is 11.7. The highest BCUT2D eigenvalue weighted by atomic mass is 16.6. The van der Waals surface area contributed by atoms with Gasteiger partial charge in [-0.3, -0.25) is 4.90 Å². The second kappa shape index (κ2) is 9.15. The number of nitrogens with zero attached hydrogens (tertiary/aromatic N) is 1. The Hall–Kier alpha value is -0.850. The number of nitrogens with two attached hydrogens (primary N) is 1. The molecule has 6 heteroatoms. The molecular formula is C14H31N3O3. The van der Waals surface area contributed by atoms with E-state index in [1.807, 2.05) is 20.8 Å². The molecule has 0 radical (unpaired) electrons. The van der Waals surface area contributed by atoms with E-state index in [0.29, 0.717) is 25.7 Å². The van der Waals surface area contributed by atoms with Crippen LogP contribution >= 0.6 is 0 Å². The molecule has 1 amide bonds. The molecule has 0 aliphatic carbocycles. The second-order valence-electron chi connectivity index (χ2n) is 6.10. The molecule has 0 spiro atoms. The Balaban J connectivity index is 4.39. The Labute approximate surface area is 123 Å². The summed E-state index contributed by atoms with van der Waals surface area (Å²) in [5.74, 6) is 0. The Morgan fingerprint density at radius 2 is 1.95 bits per heavy atom. The molecule has 0 aliphatic heterocycles. The first-order chi connectivity index (χ1) is 9.21. The Morgan fingerprint density at radius 3 is 2.35 bits per heavy atom. The van der Waals surface area contributed by atoms with Gasteiger partial charge in [0.2, 0.25) is 0 Å². The number of methoxy groups -OCH3 is 1. The van der Waals surface area contributed by atoms with Crippen molar-refractivity contribution in [3.63, 3.8) is 0 Å². The number of rotatable bonds is 8. The summed E-state index contributed by atoms with van der Waals surface area (Å²) in [5.41, 5.74) is 5.33. The van der Waals surface area contributed by atoms with Gasteiger partial charge in [0, 0.05) is 38.8 Å². The van der Waals surface area contributed by atoms with E-state index in [2.05, 4.69) is 24.1 Å². The molecule has 0 saturated heterocycles. The molecular weight excluding hydrogens is 258 g/mol. The zero-order valence-electron chi connectivity index (χ0n) is 13.7. The summed E-state index contributed by atoms with van der Waals surface area (Å²) in [6, 6.07) is 0.400. The van der Waals surface area contributed by atoms with E-state index in [1.165, 1.54) is 0 Å². The molecule has 0 bridgehead atoms. The van der Waals surface area contributed by atoms with E-state index >= 15 is 0 Å². The van der Waals surface area contributed by atoms with Crippen LogP contribution in [0, 0.1) is 0 Å². The molecule has 20 heavy (non-hydrogen) atoms. The van der Waals surface area contributed by atoms with Crippen LogP contribution < -0.4 is 11.1 Å². The molecule has 120 valence electrons. The van der Waals surface area contributed by atoms with Crippen LogP contribution in [0.15, 0.2) is 0 Å². The minimum absolute atomic E-state index is 0.0673. The minimum Gasteiger partial charge on any atom is -0.444 e. The molecule has 1 unspecified atom stereocenters. The van der Waals surface area contributed by atoms with E-state index < -0.39 is 11.7 Å². The number of hydrogen-bond donors (Lipinski definition) is 2. The van der Waals surface area contributed by atoms with Gasteiger partial charge in [0.05, 0.1) is 6.61 Å². The molecule has 0 aromatic heterocycles. The van der Waals surface area contributed by atoms with Gasteiger partial charge in [0.15, 0.2) is 0 Å². The molecule has 1 atom stereocenters. The minimum atomic E-state index is -0.490. The molecule has 3 N–H and O–H groups in total. The SMILES string of the molecule is COCCN(C(C)C)C(CN)CNC(=O)OC(C)(C)C. The van der Waals surface area contributed by atoms with Crippen molar-refractivity contribution in [1.29, 1.82) is 0 Å². The lowest BCUT2D eigenvalue weighted by Crippen LogP contribution is -2.52. The smallest absolute Gasteiger partial charge is 0.407 e. The van der Waals surface area contributed by atoms with Crippen LogP contribution in [0.4, 0.5) is 4.79 Å². The van der Waals surface area contributed by atoms with E-state index in [0.717, 1.165) is 6.54 Å². The zero-order valence-corrected chi connectivity index (χ0v) is 13.7. The van der Waals surface area contributed by atoms with Gasteiger partial charge >= 0.3 is 6.09 Å². The second-order valence-corrected chi connectivity index (χ2v) is 6.10. The quantitative estimate of drug-likeness (QED) is 0.702. The highest BCUT2D eigenvalue weighted by Crippen LogP contribution is 2.07. The van der Waals surface area contributed by atoms with Gasteiger partial charge in [-0.2, -0.15) is 0 Å². The summed E-state index contributed by atoms with van der Waals surface area (Å²) >= 11 is 0. The summed E-state index contributed by atoms with van der Waals surface area (Å²) in [7, 11) is 1.68. The number of ether oxygens (including phenoxy) is 2. The fourth-order valence-corrected chi connectivity index (χ4v) is 1.91. The van der Waals surface area contributed by atoms with Gasteiger partial charge in [-0.25, -0.2) is 4.79 Å². The highest BCUT2D eigenvalue weighted by molar-refractivity contribution is 5.67. The van der Waals surface area contributed by atoms with Crippen LogP contribution in [0.3, 0.4) is 0 Å². The van der Waals surface area contributed by atoms with Crippen molar-refractivity contribution < 1.29 is 14.3 Å². The predicted molar refractivity (Wildman–Crippen MR) is 80.8 cm³/mol. The maximum Gasteiger partial charge on any atom is 0.407 e. The van der Waals surface area contributed by atoms with Crippen LogP contribution in [0.2, 0.25) is 0 Å². The van der Waals surface area contributed by atoms with E-state index in [4.69, 9.17) is 15.2 Å². The maximum absolute atomic E-state index is 11.7. The molecule has 0 aliphatic rings. The number of amides is 1. The highest BCUT2D eigenvalue weighted by Gasteiger charge is 2.22. The Bertz CT molecular complexity index is 277. The molecule has 6 nitrogen and oxygen atoms in total. The van der Waals surface area contributed by atoms with Crippen molar-refractivity contribution >= 4 is 6.09 Å². The van der Waals surface area contributed by atoms with Crippen LogP contribution in [0.5, 0.6) is 0 Å². The largest absolute Gasteiger partial charge is 0.444 e. The van der Waals surface area contributed by atoms with Crippen molar-refractivity contribution in [3.8, 4) is 0 Å². The van der Waals surface area contributed by atoms with E-state index in [-0.39, 0.29) is 6.04 Å². The van der Waals surface area contributed by atoms with Gasteiger partial charge in [-0.05, 0) is 34.6 Å². The first kappa shape index (κ1) is 19.1. The number of hydrogen-bond acceptors (Lipinski definition) is 5. The standard InChI is InChI=1S/C14H31N3O3/c1-11(2)17(7-8-19-6)12(9-15)10-16-13(18)20-14(3,4)5/h11-12H,7-10,15H2,1-6H3,(H,16,18). The van der Waals surface area contributed by atoms with Gasteiger partial charge in [0.25, 0.3) is 0 Å². The van der Waals surface area contributed by atoms with Crippen molar-refractivity contribution in [2.24, 2.45) is 5.73 Å². The summed E-state index contributed by atoms with van der Waals surface area (Å²) in [6.45, 7) is 12.1. The lowest BCUT2D eigenvalue weighted by molar-refractivity contribution is 0.0487. The average molecular weight is 289 g/mol. The lowest BCUT2D eigenvalue weighted by Gasteiger charge is -2.34. The third kappa shape index (κ3) is 8.35. The van der Waals surface area contributed by atoms with Gasteiger partial charge in [0.1, 0.15) is 5.60 Å². The molecule has 0 heterocycles. The summed E-state index contributed by atoms with van der Waals surface area (Å²) in [5, 5.41) is 2.78. The van der Waals surface area contributed by atoms with Crippen molar-refractivity contribution in [1.82, 2.24) is 10.2 Å². The van der Waals surface area contributed by atoms with Crippen molar-refractivity contribution in [3.05, 3.63) is 0 Å².